The molecule has 0 aliphatic carbocycles. The van der Waals surface area contributed by atoms with Crippen LogP contribution in [0, 0.1) is 0 Å². The van der Waals surface area contributed by atoms with E-state index in [-0.39, 0.29) is 0 Å². The Bertz CT molecular complexity index is 168. The molecule has 0 heterocycles. The summed E-state index contributed by atoms with van der Waals surface area (Å²) < 4.78 is 5.85. The summed E-state index contributed by atoms with van der Waals surface area (Å²) in [7, 11) is -1.29. The summed E-state index contributed by atoms with van der Waals surface area (Å²) in [6.07, 6.45) is 14.3. The van der Waals surface area contributed by atoms with Crippen LogP contribution in [0.25, 0.3) is 0 Å². The first-order chi connectivity index (χ1) is 8.62. The van der Waals surface area contributed by atoms with Crippen LogP contribution in [0.3, 0.4) is 0 Å². The van der Waals surface area contributed by atoms with Gasteiger partial charge in [-0.3, -0.25) is 0 Å². The van der Waals surface area contributed by atoms with Crippen LogP contribution in [0.5, 0.6) is 0 Å². The van der Waals surface area contributed by atoms with Gasteiger partial charge in [0.05, 0.1) is 0 Å². The number of unbranched alkanes of at least 4 members (excludes halogenated alkanes) is 9. The van der Waals surface area contributed by atoms with Crippen molar-refractivity contribution in [3.05, 3.63) is 0 Å². The molecule has 0 aliphatic heterocycles. The summed E-state index contributed by atoms with van der Waals surface area (Å²) in [5.41, 5.74) is 0. The van der Waals surface area contributed by atoms with E-state index in [4.69, 9.17) is 4.43 Å². The van der Waals surface area contributed by atoms with Gasteiger partial charge in [-0.05, 0) is 26.1 Å². The molecule has 0 atom stereocenters. The quantitative estimate of drug-likeness (QED) is 0.289. The van der Waals surface area contributed by atoms with E-state index < -0.39 is 8.32 Å². The second kappa shape index (κ2) is 12.2. The second-order valence-electron chi connectivity index (χ2n) is 6.12. The highest BCUT2D eigenvalue weighted by atomic mass is 28.4. The molecule has 110 valence electrons. The predicted octanol–water partition coefficient (Wildman–Crippen LogP) is 6.15. The van der Waals surface area contributed by atoms with Crippen LogP contribution in [0.4, 0.5) is 0 Å². The van der Waals surface area contributed by atoms with Crippen LogP contribution >= 0.6 is 0 Å². The monoisotopic (exact) mass is 272 g/mol. The molecule has 0 aromatic rings. The summed E-state index contributed by atoms with van der Waals surface area (Å²) in [5.74, 6) is 0. The molecular weight excluding hydrogens is 236 g/mol. The zero-order valence-corrected chi connectivity index (χ0v) is 14.4. The van der Waals surface area contributed by atoms with Gasteiger partial charge >= 0.3 is 0 Å². The van der Waals surface area contributed by atoms with Crippen molar-refractivity contribution in [2.24, 2.45) is 0 Å². The first-order valence-corrected chi connectivity index (χ1v) is 11.4. The van der Waals surface area contributed by atoms with Gasteiger partial charge in [0.15, 0.2) is 8.32 Å². The van der Waals surface area contributed by atoms with Crippen LogP contribution in [-0.2, 0) is 4.43 Å². The Morgan fingerprint density at radius 3 is 1.56 bits per heavy atom. The molecule has 1 nitrogen and oxygen atoms in total. The highest BCUT2D eigenvalue weighted by Gasteiger charge is 2.20. The fraction of sp³-hybridized carbons (Fsp3) is 1.00. The van der Waals surface area contributed by atoms with E-state index in [2.05, 4.69) is 26.9 Å². The van der Waals surface area contributed by atoms with Crippen molar-refractivity contribution in [3.63, 3.8) is 0 Å². The van der Waals surface area contributed by atoms with Crippen molar-refractivity contribution < 1.29 is 4.43 Å². The van der Waals surface area contributed by atoms with E-state index in [0.29, 0.717) is 0 Å². The topological polar surface area (TPSA) is 9.23 Å². The van der Waals surface area contributed by atoms with Crippen molar-refractivity contribution in [1.82, 2.24) is 0 Å². The molecule has 0 amide bonds. The maximum atomic E-state index is 5.85. The van der Waals surface area contributed by atoms with Gasteiger partial charge in [-0.2, -0.15) is 0 Å². The minimum atomic E-state index is -1.29. The molecule has 0 radical (unpaired) electrons. The zero-order valence-electron chi connectivity index (χ0n) is 13.4. The smallest absolute Gasteiger partial charge is 0.186 e. The summed E-state index contributed by atoms with van der Waals surface area (Å²) in [6, 6.07) is 1.34. The Morgan fingerprint density at radius 1 is 0.667 bits per heavy atom. The van der Waals surface area contributed by atoms with Gasteiger partial charge in [-0.15, -0.1) is 0 Å². The third-order valence-electron chi connectivity index (χ3n) is 3.67. The Balaban J connectivity index is 3.16. The molecule has 0 fully saturated rings. The van der Waals surface area contributed by atoms with Crippen molar-refractivity contribution >= 4 is 8.32 Å². The Labute approximate surface area is 117 Å². The van der Waals surface area contributed by atoms with Crippen LogP contribution in [0.15, 0.2) is 0 Å². The largest absolute Gasteiger partial charge is 0.418 e. The van der Waals surface area contributed by atoms with Crippen molar-refractivity contribution in [3.8, 4) is 0 Å². The van der Waals surface area contributed by atoms with E-state index in [9.17, 15) is 0 Å². The lowest BCUT2D eigenvalue weighted by Crippen LogP contribution is -2.29. The number of hydrogen-bond donors (Lipinski definition) is 0. The van der Waals surface area contributed by atoms with Crippen LogP contribution in [-0.4, -0.2) is 14.9 Å². The first kappa shape index (κ1) is 18.2. The maximum absolute atomic E-state index is 5.85. The summed E-state index contributed by atoms with van der Waals surface area (Å²) in [6.45, 7) is 10.0. The van der Waals surface area contributed by atoms with Crippen LogP contribution < -0.4 is 0 Å². The van der Waals surface area contributed by atoms with Gasteiger partial charge in [0.1, 0.15) is 0 Å². The highest BCUT2D eigenvalue weighted by Crippen LogP contribution is 2.17. The maximum Gasteiger partial charge on any atom is 0.186 e. The molecule has 18 heavy (non-hydrogen) atoms. The van der Waals surface area contributed by atoms with E-state index in [1.54, 1.807) is 0 Å². The second-order valence-corrected chi connectivity index (χ2v) is 10.4. The zero-order chi connectivity index (χ0) is 13.7. The average molecular weight is 273 g/mol. The molecule has 0 N–H and O–H groups in total. The molecule has 0 unspecified atom stereocenters. The summed E-state index contributed by atoms with van der Waals surface area (Å²) in [4.78, 5) is 0. The van der Waals surface area contributed by atoms with Gasteiger partial charge in [0, 0.05) is 6.61 Å². The molecule has 0 aromatic heterocycles. The Hall–Kier alpha value is 0.177. The van der Waals surface area contributed by atoms with E-state index >= 15 is 0 Å². The average Bonchev–Trinajstić information content (AvgIpc) is 2.31. The number of hydrogen-bond acceptors (Lipinski definition) is 1. The Morgan fingerprint density at radius 2 is 1.11 bits per heavy atom. The lowest BCUT2D eigenvalue weighted by Gasteiger charge is -2.21. The third kappa shape index (κ3) is 12.6. The molecule has 0 saturated carbocycles. The van der Waals surface area contributed by atoms with Crippen LogP contribution in [0.1, 0.15) is 78.1 Å². The van der Waals surface area contributed by atoms with Gasteiger partial charge in [-0.1, -0.05) is 71.1 Å². The van der Waals surface area contributed by atoms with Gasteiger partial charge < -0.3 is 4.43 Å². The third-order valence-corrected chi connectivity index (χ3v) is 6.30. The van der Waals surface area contributed by atoms with E-state index in [1.165, 1.54) is 70.3 Å². The lowest BCUT2D eigenvalue weighted by molar-refractivity contribution is 0.327. The SMILES string of the molecule is CCCCCCCCCCCC[Si](C)(C)OCC. The minimum absolute atomic E-state index is 0.900. The fourth-order valence-corrected chi connectivity index (χ4v) is 4.53. The van der Waals surface area contributed by atoms with Crippen molar-refractivity contribution in [2.45, 2.75) is 97.2 Å². The predicted molar refractivity (Wildman–Crippen MR) is 85.8 cm³/mol. The minimum Gasteiger partial charge on any atom is -0.418 e. The molecular formula is C16H36OSi. The number of rotatable bonds is 13. The standard InChI is InChI=1S/C16H36OSi/c1-5-7-8-9-10-11-12-13-14-15-16-18(3,4)17-6-2/h5-16H2,1-4H3. The molecule has 2 heteroatoms. The molecule has 0 spiro atoms. The van der Waals surface area contributed by atoms with Gasteiger partial charge in [-0.25, -0.2) is 0 Å². The van der Waals surface area contributed by atoms with E-state index in [1.807, 2.05) is 0 Å². The molecule has 0 aliphatic rings. The summed E-state index contributed by atoms with van der Waals surface area (Å²) in [5, 5.41) is 0. The van der Waals surface area contributed by atoms with Crippen LogP contribution in [0.2, 0.25) is 19.1 Å². The van der Waals surface area contributed by atoms with Gasteiger partial charge in [0.25, 0.3) is 0 Å². The molecule has 0 rings (SSSR count). The Kier molecular flexibility index (Phi) is 12.3. The summed E-state index contributed by atoms with van der Waals surface area (Å²) >= 11 is 0. The highest BCUT2D eigenvalue weighted by molar-refractivity contribution is 6.71. The molecule has 0 saturated heterocycles. The molecule has 0 bridgehead atoms. The fourth-order valence-electron chi connectivity index (χ4n) is 2.50. The van der Waals surface area contributed by atoms with Crippen molar-refractivity contribution in [2.75, 3.05) is 6.61 Å². The lowest BCUT2D eigenvalue weighted by atomic mass is 10.1. The van der Waals surface area contributed by atoms with E-state index in [0.717, 1.165) is 6.61 Å². The van der Waals surface area contributed by atoms with Crippen molar-refractivity contribution in [1.29, 1.82) is 0 Å². The first-order valence-electron chi connectivity index (χ1n) is 8.26. The van der Waals surface area contributed by atoms with Gasteiger partial charge in [0.2, 0.25) is 0 Å². The normalized spacial score (nSPS) is 12.0. The molecule has 0 aromatic carbocycles.